The molecule has 0 aliphatic carbocycles. The molecule has 1 fully saturated rings. The van der Waals surface area contributed by atoms with Crippen molar-refractivity contribution in [1.82, 2.24) is 5.06 Å². The molecule has 3 atom stereocenters. The molecule has 21 heavy (non-hydrogen) atoms. The Labute approximate surface area is 126 Å². The van der Waals surface area contributed by atoms with E-state index >= 15 is 0 Å². The molecule has 1 aliphatic rings. The topological polar surface area (TPSA) is 94.4 Å². The van der Waals surface area contributed by atoms with Gasteiger partial charge < -0.3 is 14.9 Å². The minimum absolute atomic E-state index is 0.0867. The number of carbonyl (C=O) groups excluding carboxylic acids is 2. The number of nitrogens with zero attached hydrogens (tertiary/aromatic N) is 1. The molecule has 0 spiro atoms. The number of ether oxygens (including phenoxy) is 1. The van der Waals surface area contributed by atoms with Gasteiger partial charge in [-0.1, -0.05) is 13.8 Å². The minimum atomic E-state index is -1.86. The van der Waals surface area contributed by atoms with E-state index in [4.69, 9.17) is 19.7 Å². The van der Waals surface area contributed by atoms with Gasteiger partial charge in [-0.15, -0.1) is 0 Å². The largest absolute Gasteiger partial charge is 0.412 e. The zero-order valence-corrected chi connectivity index (χ0v) is 14.8. The van der Waals surface area contributed by atoms with Crippen molar-refractivity contribution >= 4 is 20.1 Å². The molecule has 1 rings (SSSR count). The molecular weight excluding hydrogens is 292 g/mol. The van der Waals surface area contributed by atoms with Gasteiger partial charge in [0.25, 0.3) is 17.4 Å². The first kappa shape index (κ1) is 18.1. The summed E-state index contributed by atoms with van der Waals surface area (Å²) in [6, 6.07) is 0. The van der Waals surface area contributed by atoms with Crippen molar-refractivity contribution in [2.24, 2.45) is 11.7 Å². The lowest BCUT2D eigenvalue weighted by molar-refractivity contribution is -0.176. The second-order valence-corrected chi connectivity index (χ2v) is 11.0. The molecule has 0 unspecified atom stereocenters. The van der Waals surface area contributed by atoms with E-state index in [1.165, 1.54) is 14.2 Å². The first-order chi connectivity index (χ1) is 9.47. The Hall–Kier alpha value is -0.963. The third-order valence-corrected chi connectivity index (χ3v) is 4.32. The quantitative estimate of drug-likeness (QED) is 0.319. The molecule has 1 saturated heterocycles. The lowest BCUT2D eigenvalue weighted by Gasteiger charge is -2.29. The monoisotopic (exact) mass is 318 g/mol. The van der Waals surface area contributed by atoms with Gasteiger partial charge in [0.05, 0.1) is 13.2 Å². The van der Waals surface area contributed by atoms with Crippen LogP contribution in [0.5, 0.6) is 0 Å². The lowest BCUT2D eigenvalue weighted by Crippen LogP contribution is -2.52. The Morgan fingerprint density at radius 2 is 1.86 bits per heavy atom. The second-order valence-electron chi connectivity index (χ2n) is 6.56. The van der Waals surface area contributed by atoms with E-state index in [0.717, 1.165) is 5.06 Å². The minimum Gasteiger partial charge on any atom is -0.412 e. The van der Waals surface area contributed by atoms with Gasteiger partial charge in [0.15, 0.2) is 8.32 Å². The summed E-state index contributed by atoms with van der Waals surface area (Å²) < 4.78 is 11.6. The Balaban J connectivity index is 3.03. The molecule has 0 radical (unpaired) electrons. The Bertz CT molecular complexity index is 423. The van der Waals surface area contributed by atoms with Crippen LogP contribution >= 0.6 is 0 Å². The summed E-state index contributed by atoms with van der Waals surface area (Å²) >= 11 is 0. The maximum atomic E-state index is 12.3. The highest BCUT2D eigenvalue weighted by atomic mass is 28.4. The highest BCUT2D eigenvalue weighted by molar-refractivity contribution is 6.69. The van der Waals surface area contributed by atoms with Crippen LogP contribution in [0.4, 0.5) is 0 Å². The number of likely N-dealkylation sites (N-methyl/N-ethyl adjacent to an activating group) is 1. The van der Waals surface area contributed by atoms with E-state index < -0.39 is 31.8 Å². The molecule has 0 bridgehead atoms. The number of hydrogen-bond donors (Lipinski definition) is 1. The Morgan fingerprint density at radius 1 is 1.33 bits per heavy atom. The number of hydrogen-bond acceptors (Lipinski definition) is 5. The molecule has 2 N–H and O–H groups in total. The zero-order valence-electron chi connectivity index (χ0n) is 13.8. The summed E-state index contributed by atoms with van der Waals surface area (Å²) in [5.41, 5.74) is 3.73. The standard InChI is InChI=1S/C13H26N2O5Si/c1-8(2)9(20-21(5,6)7)10-13(19-10,11(14)16)12(17)15(3)18-4/h8-10H,1-7H3,(H2,14,16)/t9-,10-,13-/m0/s1. The van der Waals surface area contributed by atoms with E-state index in [9.17, 15) is 9.59 Å². The fourth-order valence-corrected chi connectivity index (χ4v) is 3.43. The van der Waals surface area contributed by atoms with Crippen LogP contribution in [-0.2, 0) is 23.6 Å². The molecule has 8 heteroatoms. The van der Waals surface area contributed by atoms with Crippen LogP contribution in [0.3, 0.4) is 0 Å². The van der Waals surface area contributed by atoms with Crippen LogP contribution in [0.1, 0.15) is 13.8 Å². The highest BCUT2D eigenvalue weighted by Gasteiger charge is 2.72. The number of rotatable bonds is 7. The number of primary amides is 1. The van der Waals surface area contributed by atoms with Crippen LogP contribution in [0.15, 0.2) is 0 Å². The number of epoxide rings is 1. The van der Waals surface area contributed by atoms with Gasteiger partial charge in [-0.25, -0.2) is 5.06 Å². The molecule has 1 aliphatic heterocycles. The summed E-state index contributed by atoms with van der Waals surface area (Å²) in [4.78, 5) is 29.0. The highest BCUT2D eigenvalue weighted by Crippen LogP contribution is 2.44. The van der Waals surface area contributed by atoms with Gasteiger partial charge in [-0.05, 0) is 25.6 Å². The van der Waals surface area contributed by atoms with Gasteiger partial charge >= 0.3 is 0 Å². The number of nitrogens with two attached hydrogens (primary N) is 1. The molecular formula is C13H26N2O5Si. The van der Waals surface area contributed by atoms with Gasteiger partial charge in [0, 0.05) is 7.05 Å². The summed E-state index contributed by atoms with van der Waals surface area (Å²) in [5, 5.41) is 0.955. The van der Waals surface area contributed by atoms with Crippen LogP contribution in [0.2, 0.25) is 19.6 Å². The Kier molecular flexibility index (Phi) is 5.20. The summed E-state index contributed by atoms with van der Waals surface area (Å²) in [6.45, 7) is 10.0. The number of amides is 2. The van der Waals surface area contributed by atoms with Crippen LogP contribution in [-0.4, -0.2) is 57.2 Å². The molecule has 0 saturated carbocycles. The van der Waals surface area contributed by atoms with E-state index in [-0.39, 0.29) is 12.0 Å². The fourth-order valence-electron chi connectivity index (χ4n) is 2.21. The first-order valence-electron chi connectivity index (χ1n) is 6.95. The van der Waals surface area contributed by atoms with Crippen LogP contribution in [0, 0.1) is 5.92 Å². The molecule has 0 aromatic rings. The van der Waals surface area contributed by atoms with Gasteiger partial charge in [0.2, 0.25) is 0 Å². The predicted molar refractivity (Wildman–Crippen MR) is 79.6 cm³/mol. The summed E-state index contributed by atoms with van der Waals surface area (Å²) in [6.07, 6.45) is -1.04. The van der Waals surface area contributed by atoms with Crippen molar-refractivity contribution in [2.75, 3.05) is 14.2 Å². The third-order valence-electron chi connectivity index (χ3n) is 3.35. The molecule has 1 heterocycles. The normalized spacial score (nSPS) is 26.6. The molecule has 2 amide bonds. The van der Waals surface area contributed by atoms with Crippen molar-refractivity contribution in [3.63, 3.8) is 0 Å². The molecule has 0 aromatic carbocycles. The molecule has 0 aromatic heterocycles. The van der Waals surface area contributed by atoms with Crippen molar-refractivity contribution in [3.8, 4) is 0 Å². The van der Waals surface area contributed by atoms with E-state index in [1.54, 1.807) is 0 Å². The van der Waals surface area contributed by atoms with Crippen LogP contribution < -0.4 is 5.73 Å². The summed E-state index contributed by atoms with van der Waals surface area (Å²) in [5.74, 6) is -1.33. The Morgan fingerprint density at radius 3 is 2.19 bits per heavy atom. The maximum absolute atomic E-state index is 12.3. The second kappa shape index (κ2) is 6.03. The SMILES string of the molecule is CON(C)C(=O)[C@]1(C(N)=O)O[C@H]1[C@@H](O[Si](C)(C)C)C(C)C. The summed E-state index contributed by atoms with van der Waals surface area (Å²) in [7, 11) is 0.886. The average Bonchev–Trinajstić information content (AvgIpc) is 3.09. The number of hydroxylamine groups is 2. The van der Waals surface area contributed by atoms with Gasteiger partial charge in [-0.3, -0.25) is 14.4 Å². The van der Waals surface area contributed by atoms with Crippen molar-refractivity contribution in [3.05, 3.63) is 0 Å². The van der Waals surface area contributed by atoms with Crippen molar-refractivity contribution in [1.29, 1.82) is 0 Å². The van der Waals surface area contributed by atoms with Crippen molar-refractivity contribution in [2.45, 2.75) is 51.3 Å². The van der Waals surface area contributed by atoms with Crippen molar-refractivity contribution < 1.29 is 23.6 Å². The van der Waals surface area contributed by atoms with Crippen LogP contribution in [0.25, 0.3) is 0 Å². The lowest BCUT2D eigenvalue weighted by atomic mass is 9.93. The van der Waals surface area contributed by atoms with E-state index in [2.05, 4.69) is 0 Å². The zero-order chi connectivity index (χ0) is 16.6. The fraction of sp³-hybridized carbons (Fsp3) is 0.846. The van der Waals surface area contributed by atoms with Gasteiger partial charge in [0.1, 0.15) is 6.10 Å². The maximum Gasteiger partial charge on any atom is 0.290 e. The smallest absolute Gasteiger partial charge is 0.290 e. The van der Waals surface area contributed by atoms with E-state index in [1.807, 2.05) is 33.5 Å². The van der Waals surface area contributed by atoms with Gasteiger partial charge in [-0.2, -0.15) is 0 Å². The average molecular weight is 318 g/mol. The number of carbonyl (C=O) groups is 2. The molecule has 122 valence electrons. The molecule has 7 nitrogen and oxygen atoms in total. The predicted octanol–water partition coefficient (Wildman–Crippen LogP) is 0.505. The first-order valence-corrected chi connectivity index (χ1v) is 10.4. The third kappa shape index (κ3) is 3.63. The van der Waals surface area contributed by atoms with E-state index in [0.29, 0.717) is 0 Å².